The van der Waals surface area contributed by atoms with Crippen LogP contribution in [0.1, 0.15) is 4.88 Å². The number of rotatable bonds is 3. The highest BCUT2D eigenvalue weighted by Gasteiger charge is 2.28. The van der Waals surface area contributed by atoms with Crippen LogP contribution in [0.25, 0.3) is 0 Å². The van der Waals surface area contributed by atoms with E-state index < -0.39 is 0 Å². The lowest BCUT2D eigenvalue weighted by Gasteiger charge is -2.23. The summed E-state index contributed by atoms with van der Waals surface area (Å²) in [5.74, 6) is -0.0379. The first-order valence-electron chi connectivity index (χ1n) is 6.80. The minimum absolute atomic E-state index is 0.00711. The van der Waals surface area contributed by atoms with Crippen molar-refractivity contribution in [2.24, 2.45) is 5.92 Å². The number of hydrogen-bond donors (Lipinski definition) is 1. The van der Waals surface area contributed by atoms with Crippen molar-refractivity contribution in [3.05, 3.63) is 22.4 Å². The van der Waals surface area contributed by atoms with Crippen LogP contribution < -0.4 is 5.32 Å². The normalized spacial score (nSPS) is 20.5. The van der Waals surface area contributed by atoms with Gasteiger partial charge >= 0.3 is 0 Å². The number of hydrogen-bond acceptors (Lipinski definition) is 4. The molecule has 0 unspecified atom stereocenters. The predicted molar refractivity (Wildman–Crippen MR) is 79.7 cm³/mol. The van der Waals surface area contributed by atoms with Gasteiger partial charge in [0, 0.05) is 38.1 Å². The Morgan fingerprint density at radius 2 is 2.20 bits per heavy atom. The molecule has 0 spiro atoms. The average Bonchev–Trinajstić information content (AvgIpc) is 2.85. The third kappa shape index (κ3) is 3.80. The highest BCUT2D eigenvalue weighted by Crippen LogP contribution is 2.14. The Hall–Kier alpha value is -1.40. The zero-order chi connectivity index (χ0) is 14.5. The average molecular weight is 295 g/mol. The van der Waals surface area contributed by atoms with Gasteiger partial charge in [-0.3, -0.25) is 9.59 Å². The van der Waals surface area contributed by atoms with Gasteiger partial charge in [0.15, 0.2) is 0 Å². The zero-order valence-electron chi connectivity index (χ0n) is 12.0. The molecule has 110 valence electrons. The van der Waals surface area contributed by atoms with Crippen LogP contribution in [-0.4, -0.2) is 61.9 Å². The van der Waals surface area contributed by atoms with Gasteiger partial charge in [0.25, 0.3) is 0 Å². The molecule has 0 saturated carbocycles. The molecular weight excluding hydrogens is 274 g/mol. The summed E-state index contributed by atoms with van der Waals surface area (Å²) in [4.78, 5) is 29.2. The Kier molecular flexibility index (Phi) is 5.14. The number of carbonyl (C=O) groups is 2. The van der Waals surface area contributed by atoms with Gasteiger partial charge in [-0.05, 0) is 18.5 Å². The largest absolute Gasteiger partial charge is 0.359 e. The van der Waals surface area contributed by atoms with Crippen LogP contribution >= 0.6 is 11.3 Å². The van der Waals surface area contributed by atoms with E-state index in [4.69, 9.17) is 0 Å². The van der Waals surface area contributed by atoms with Crippen LogP contribution in [0.2, 0.25) is 0 Å². The zero-order valence-corrected chi connectivity index (χ0v) is 12.8. The lowest BCUT2D eigenvalue weighted by atomic mass is 10.1. The van der Waals surface area contributed by atoms with E-state index in [0.717, 1.165) is 11.4 Å². The molecule has 2 heterocycles. The molecule has 2 rings (SSSR count). The predicted octanol–water partition coefficient (Wildman–Crippen LogP) is 0.427. The smallest absolute Gasteiger partial charge is 0.227 e. The second-order valence-corrected chi connectivity index (χ2v) is 6.20. The summed E-state index contributed by atoms with van der Waals surface area (Å²) < 4.78 is 0. The Balaban J connectivity index is 2.02. The van der Waals surface area contributed by atoms with Crippen LogP contribution in [0.15, 0.2) is 17.5 Å². The SMILES string of the molecule is CNC(=O)[C@H]1CN(C)CCN(C(=O)Cc2cccs2)C1. The summed E-state index contributed by atoms with van der Waals surface area (Å²) >= 11 is 1.60. The fraction of sp³-hybridized carbons (Fsp3) is 0.571. The maximum absolute atomic E-state index is 12.4. The topological polar surface area (TPSA) is 52.7 Å². The Labute approximate surface area is 123 Å². The summed E-state index contributed by atoms with van der Waals surface area (Å²) in [6.07, 6.45) is 0.432. The maximum Gasteiger partial charge on any atom is 0.227 e. The highest BCUT2D eigenvalue weighted by molar-refractivity contribution is 7.10. The van der Waals surface area contributed by atoms with Gasteiger partial charge in [0.05, 0.1) is 12.3 Å². The van der Waals surface area contributed by atoms with Crippen molar-refractivity contribution in [2.75, 3.05) is 40.3 Å². The molecule has 1 aromatic rings. The van der Waals surface area contributed by atoms with Crippen molar-refractivity contribution in [2.45, 2.75) is 6.42 Å². The van der Waals surface area contributed by atoms with E-state index in [9.17, 15) is 9.59 Å². The van der Waals surface area contributed by atoms with Crippen molar-refractivity contribution >= 4 is 23.2 Å². The maximum atomic E-state index is 12.4. The third-order valence-corrected chi connectivity index (χ3v) is 4.48. The second-order valence-electron chi connectivity index (χ2n) is 5.17. The van der Waals surface area contributed by atoms with Crippen molar-refractivity contribution in [3.8, 4) is 0 Å². The molecule has 0 bridgehead atoms. The summed E-state index contributed by atoms with van der Waals surface area (Å²) in [6.45, 7) is 2.70. The molecule has 0 aromatic carbocycles. The highest BCUT2D eigenvalue weighted by atomic mass is 32.1. The number of likely N-dealkylation sites (N-methyl/N-ethyl adjacent to an activating group) is 1. The van der Waals surface area contributed by atoms with E-state index >= 15 is 0 Å². The van der Waals surface area contributed by atoms with E-state index in [1.54, 1.807) is 18.4 Å². The second kappa shape index (κ2) is 6.85. The van der Waals surface area contributed by atoms with E-state index in [-0.39, 0.29) is 17.7 Å². The van der Waals surface area contributed by atoms with Crippen LogP contribution in [0.5, 0.6) is 0 Å². The van der Waals surface area contributed by atoms with Crippen LogP contribution in [0.3, 0.4) is 0 Å². The first-order chi connectivity index (χ1) is 9.60. The van der Waals surface area contributed by atoms with E-state index in [1.165, 1.54) is 0 Å². The van der Waals surface area contributed by atoms with Crippen LogP contribution in [0.4, 0.5) is 0 Å². The molecule has 1 aliphatic rings. The Morgan fingerprint density at radius 1 is 1.40 bits per heavy atom. The van der Waals surface area contributed by atoms with Crippen LogP contribution in [0, 0.1) is 5.92 Å². The first kappa shape index (κ1) is 15.0. The summed E-state index contributed by atoms with van der Waals surface area (Å²) in [5.41, 5.74) is 0. The van der Waals surface area contributed by atoms with Gasteiger partial charge in [0.1, 0.15) is 0 Å². The molecule has 1 aliphatic heterocycles. The van der Waals surface area contributed by atoms with Gasteiger partial charge in [-0.2, -0.15) is 0 Å². The molecule has 5 nitrogen and oxygen atoms in total. The van der Waals surface area contributed by atoms with Crippen molar-refractivity contribution in [1.82, 2.24) is 15.1 Å². The molecule has 2 amide bonds. The number of nitrogens with one attached hydrogen (secondary N) is 1. The summed E-state index contributed by atoms with van der Waals surface area (Å²) in [5, 5.41) is 4.66. The number of thiophene rings is 1. The van der Waals surface area contributed by atoms with Gasteiger partial charge in [-0.1, -0.05) is 6.07 Å². The molecule has 0 aliphatic carbocycles. The monoisotopic (exact) mass is 295 g/mol. The van der Waals surface area contributed by atoms with Crippen molar-refractivity contribution < 1.29 is 9.59 Å². The van der Waals surface area contributed by atoms with E-state index in [0.29, 0.717) is 26.1 Å². The fourth-order valence-corrected chi connectivity index (χ4v) is 3.14. The van der Waals surface area contributed by atoms with E-state index in [2.05, 4.69) is 10.2 Å². The van der Waals surface area contributed by atoms with Gasteiger partial charge in [-0.25, -0.2) is 0 Å². The fourth-order valence-electron chi connectivity index (χ4n) is 2.44. The number of amides is 2. The summed E-state index contributed by atoms with van der Waals surface area (Å²) in [7, 11) is 3.63. The Bertz CT molecular complexity index is 461. The minimum Gasteiger partial charge on any atom is -0.359 e. The molecule has 1 atom stereocenters. The molecule has 0 radical (unpaired) electrons. The third-order valence-electron chi connectivity index (χ3n) is 3.60. The first-order valence-corrected chi connectivity index (χ1v) is 7.68. The minimum atomic E-state index is -0.153. The lowest BCUT2D eigenvalue weighted by molar-refractivity contribution is -0.132. The quantitative estimate of drug-likeness (QED) is 0.880. The van der Waals surface area contributed by atoms with Gasteiger partial charge in [0.2, 0.25) is 11.8 Å². The molecule has 1 fully saturated rings. The molecule has 20 heavy (non-hydrogen) atoms. The molecule has 1 N–H and O–H groups in total. The van der Waals surface area contributed by atoms with Gasteiger partial charge < -0.3 is 15.1 Å². The van der Waals surface area contributed by atoms with Crippen LogP contribution in [-0.2, 0) is 16.0 Å². The summed E-state index contributed by atoms with van der Waals surface area (Å²) in [6, 6.07) is 3.93. The lowest BCUT2D eigenvalue weighted by Crippen LogP contribution is -2.41. The molecule has 1 saturated heterocycles. The van der Waals surface area contributed by atoms with Crippen molar-refractivity contribution in [1.29, 1.82) is 0 Å². The molecular formula is C14H21N3O2S. The molecule has 6 heteroatoms. The molecule has 1 aromatic heterocycles. The standard InChI is InChI=1S/C14H21N3O2S/c1-15-14(19)11-9-16(2)5-6-17(10-11)13(18)8-12-4-3-7-20-12/h3-4,7,11H,5-6,8-10H2,1-2H3,(H,15,19)/t11-/m0/s1. The Morgan fingerprint density at radius 3 is 2.85 bits per heavy atom. The van der Waals surface area contributed by atoms with Gasteiger partial charge in [-0.15, -0.1) is 11.3 Å². The van der Waals surface area contributed by atoms with Crippen molar-refractivity contribution in [3.63, 3.8) is 0 Å². The number of carbonyl (C=O) groups excluding carboxylic acids is 2. The number of nitrogens with zero attached hydrogens (tertiary/aromatic N) is 2. The van der Waals surface area contributed by atoms with E-state index in [1.807, 2.05) is 29.5 Å².